The molecule has 0 spiro atoms. The van der Waals surface area contributed by atoms with E-state index < -0.39 is 6.09 Å². The van der Waals surface area contributed by atoms with Gasteiger partial charge in [0.1, 0.15) is 23.9 Å². The molecule has 0 radical (unpaired) electrons. The first kappa shape index (κ1) is 15.3. The number of benzene rings is 1. The highest BCUT2D eigenvalue weighted by Gasteiger charge is 2.41. The van der Waals surface area contributed by atoms with Crippen LogP contribution < -0.4 is 19.5 Å². The second-order valence-electron chi connectivity index (χ2n) is 5.59. The number of nitrogens with one attached hydrogen (secondary N) is 1. The van der Waals surface area contributed by atoms with Crippen molar-refractivity contribution in [2.75, 3.05) is 27.9 Å². The first-order valence-corrected chi connectivity index (χ1v) is 6.66. The molecule has 1 N–H and O–H groups in total. The monoisotopic (exact) mass is 295 g/mol. The molecule has 1 aliphatic heterocycles. The molecule has 1 saturated heterocycles. The second kappa shape index (κ2) is 5.71. The summed E-state index contributed by atoms with van der Waals surface area (Å²) < 4.78 is 21.2. The van der Waals surface area contributed by atoms with Gasteiger partial charge in [0.25, 0.3) is 0 Å². The number of hydrogen-bond acceptors (Lipinski definition) is 5. The Balaban J connectivity index is 2.57. The van der Waals surface area contributed by atoms with Crippen molar-refractivity contribution in [2.24, 2.45) is 5.41 Å². The molecule has 0 aromatic heterocycles. The molecule has 1 amide bonds. The van der Waals surface area contributed by atoms with E-state index in [2.05, 4.69) is 5.32 Å². The Morgan fingerprint density at radius 1 is 1.14 bits per heavy atom. The van der Waals surface area contributed by atoms with Crippen LogP contribution in [0.2, 0.25) is 0 Å². The van der Waals surface area contributed by atoms with Crippen molar-refractivity contribution < 1.29 is 23.7 Å². The molecule has 2 rings (SSSR count). The lowest BCUT2D eigenvalue weighted by molar-refractivity contribution is 0.0374. The third kappa shape index (κ3) is 2.84. The van der Waals surface area contributed by atoms with Crippen LogP contribution in [0.25, 0.3) is 0 Å². The summed E-state index contributed by atoms with van der Waals surface area (Å²) in [4.78, 5) is 11.6. The minimum absolute atomic E-state index is 0.283. The molecule has 21 heavy (non-hydrogen) atoms. The predicted octanol–water partition coefficient (Wildman–Crippen LogP) is 2.52. The van der Waals surface area contributed by atoms with Crippen molar-refractivity contribution in [3.8, 4) is 17.2 Å². The van der Waals surface area contributed by atoms with Gasteiger partial charge in [0.2, 0.25) is 0 Å². The highest BCUT2D eigenvalue weighted by molar-refractivity contribution is 5.70. The largest absolute Gasteiger partial charge is 0.496 e. The highest BCUT2D eigenvalue weighted by Crippen LogP contribution is 2.46. The molecule has 1 aliphatic rings. The van der Waals surface area contributed by atoms with E-state index in [-0.39, 0.29) is 11.5 Å². The van der Waals surface area contributed by atoms with E-state index in [1.807, 2.05) is 13.8 Å². The average molecular weight is 295 g/mol. The van der Waals surface area contributed by atoms with Gasteiger partial charge in [-0.15, -0.1) is 0 Å². The number of hydrogen-bond donors (Lipinski definition) is 1. The van der Waals surface area contributed by atoms with Gasteiger partial charge in [-0.05, 0) is 0 Å². The summed E-state index contributed by atoms with van der Waals surface area (Å²) in [5.41, 5.74) is 0.478. The van der Waals surface area contributed by atoms with Crippen LogP contribution >= 0.6 is 0 Å². The molecule has 116 valence electrons. The first-order chi connectivity index (χ1) is 9.92. The molecule has 6 heteroatoms. The van der Waals surface area contributed by atoms with Crippen molar-refractivity contribution >= 4 is 6.09 Å². The number of carbonyl (C=O) groups is 1. The van der Waals surface area contributed by atoms with Gasteiger partial charge >= 0.3 is 6.09 Å². The molecule has 1 atom stereocenters. The number of alkyl carbamates (subject to hydrolysis) is 1. The van der Waals surface area contributed by atoms with Crippen LogP contribution in [-0.4, -0.2) is 34.0 Å². The van der Waals surface area contributed by atoms with E-state index in [1.165, 1.54) is 0 Å². The van der Waals surface area contributed by atoms with Crippen molar-refractivity contribution in [1.82, 2.24) is 5.32 Å². The predicted molar refractivity (Wildman–Crippen MR) is 77.1 cm³/mol. The maximum Gasteiger partial charge on any atom is 0.407 e. The molecule has 1 aromatic carbocycles. The molecular formula is C15H21NO5. The number of ether oxygens (including phenoxy) is 4. The quantitative estimate of drug-likeness (QED) is 0.924. The Kier molecular flexibility index (Phi) is 4.16. The lowest BCUT2D eigenvalue weighted by Crippen LogP contribution is -2.47. The standard InChI is InChI=1S/C15H21NO5/c1-15(2)8-21-14(17)16-13(15)12-10(19-4)6-9(18-3)7-11(12)20-5/h6-7,13H,8H2,1-5H3,(H,16,17)/t13-/m1/s1. The third-order valence-corrected chi connectivity index (χ3v) is 3.66. The van der Waals surface area contributed by atoms with Crippen LogP contribution in [0, 0.1) is 5.41 Å². The highest BCUT2D eigenvalue weighted by atomic mass is 16.6. The van der Waals surface area contributed by atoms with E-state index in [0.717, 1.165) is 5.56 Å². The molecule has 0 bridgehead atoms. The van der Waals surface area contributed by atoms with Gasteiger partial charge in [-0.1, -0.05) is 13.8 Å². The molecule has 1 heterocycles. The molecule has 0 unspecified atom stereocenters. The van der Waals surface area contributed by atoms with E-state index in [1.54, 1.807) is 33.5 Å². The Labute approximate surface area is 124 Å². The summed E-state index contributed by atoms with van der Waals surface area (Å²) in [6, 6.07) is 3.26. The van der Waals surface area contributed by atoms with E-state index in [9.17, 15) is 4.79 Å². The van der Waals surface area contributed by atoms with Crippen LogP contribution in [0.15, 0.2) is 12.1 Å². The Hall–Kier alpha value is -2.11. The summed E-state index contributed by atoms with van der Waals surface area (Å²) in [5.74, 6) is 1.83. The normalized spacial score (nSPS) is 20.2. The minimum Gasteiger partial charge on any atom is -0.496 e. The average Bonchev–Trinajstić information content (AvgIpc) is 2.48. The lowest BCUT2D eigenvalue weighted by Gasteiger charge is -2.39. The number of carbonyl (C=O) groups excluding carboxylic acids is 1. The summed E-state index contributed by atoms with van der Waals surface area (Å²) in [6.07, 6.45) is -0.445. The van der Waals surface area contributed by atoms with Crippen molar-refractivity contribution in [3.63, 3.8) is 0 Å². The van der Waals surface area contributed by atoms with Gasteiger partial charge < -0.3 is 24.3 Å². The summed E-state index contributed by atoms with van der Waals surface area (Å²) >= 11 is 0. The fourth-order valence-electron chi connectivity index (χ4n) is 2.47. The fourth-order valence-corrected chi connectivity index (χ4v) is 2.47. The van der Waals surface area contributed by atoms with Crippen LogP contribution in [0.3, 0.4) is 0 Å². The van der Waals surface area contributed by atoms with Crippen LogP contribution in [0.4, 0.5) is 4.79 Å². The number of cyclic esters (lactones) is 1. The number of methoxy groups -OCH3 is 3. The Morgan fingerprint density at radius 3 is 2.19 bits per heavy atom. The summed E-state index contributed by atoms with van der Waals surface area (Å²) in [5, 5.41) is 2.85. The fraction of sp³-hybridized carbons (Fsp3) is 0.533. The zero-order chi connectivity index (χ0) is 15.6. The van der Waals surface area contributed by atoms with E-state index in [0.29, 0.717) is 23.9 Å². The van der Waals surface area contributed by atoms with Gasteiger partial charge in [-0.2, -0.15) is 0 Å². The van der Waals surface area contributed by atoms with Gasteiger partial charge in [0, 0.05) is 17.5 Å². The molecule has 1 fully saturated rings. The minimum atomic E-state index is -0.445. The molecule has 0 aliphatic carbocycles. The Morgan fingerprint density at radius 2 is 1.71 bits per heavy atom. The summed E-state index contributed by atoms with van der Waals surface area (Å²) in [7, 11) is 4.73. The molecule has 0 saturated carbocycles. The van der Waals surface area contributed by atoms with Gasteiger partial charge in [0.05, 0.1) is 32.9 Å². The zero-order valence-corrected chi connectivity index (χ0v) is 13.0. The zero-order valence-electron chi connectivity index (χ0n) is 13.0. The van der Waals surface area contributed by atoms with Crippen LogP contribution in [-0.2, 0) is 4.74 Å². The number of rotatable bonds is 4. The van der Waals surface area contributed by atoms with E-state index in [4.69, 9.17) is 18.9 Å². The lowest BCUT2D eigenvalue weighted by atomic mass is 9.79. The number of amides is 1. The maximum atomic E-state index is 11.6. The van der Waals surface area contributed by atoms with Crippen LogP contribution in [0.5, 0.6) is 17.2 Å². The van der Waals surface area contributed by atoms with Crippen LogP contribution in [0.1, 0.15) is 25.5 Å². The summed E-state index contributed by atoms with van der Waals surface area (Å²) in [6.45, 7) is 4.35. The van der Waals surface area contributed by atoms with Crippen molar-refractivity contribution in [1.29, 1.82) is 0 Å². The molecular weight excluding hydrogens is 274 g/mol. The Bertz CT molecular complexity index is 516. The molecule has 1 aromatic rings. The smallest absolute Gasteiger partial charge is 0.407 e. The van der Waals surface area contributed by atoms with Gasteiger partial charge in [-0.25, -0.2) is 4.79 Å². The maximum absolute atomic E-state index is 11.6. The van der Waals surface area contributed by atoms with E-state index >= 15 is 0 Å². The topological polar surface area (TPSA) is 66.0 Å². The van der Waals surface area contributed by atoms with Gasteiger partial charge in [0.15, 0.2) is 0 Å². The van der Waals surface area contributed by atoms with Crippen molar-refractivity contribution in [2.45, 2.75) is 19.9 Å². The SMILES string of the molecule is COc1cc(OC)c([C@H]2NC(=O)OCC2(C)C)c(OC)c1. The van der Waals surface area contributed by atoms with Gasteiger partial charge in [-0.3, -0.25) is 0 Å². The second-order valence-corrected chi connectivity index (χ2v) is 5.59. The molecule has 6 nitrogen and oxygen atoms in total. The van der Waals surface area contributed by atoms with Crippen molar-refractivity contribution in [3.05, 3.63) is 17.7 Å². The third-order valence-electron chi connectivity index (χ3n) is 3.66. The first-order valence-electron chi connectivity index (χ1n) is 6.66.